The van der Waals surface area contributed by atoms with E-state index in [-0.39, 0.29) is 30.0 Å². The van der Waals surface area contributed by atoms with Crippen LogP contribution in [0.5, 0.6) is 11.5 Å². The summed E-state index contributed by atoms with van der Waals surface area (Å²) in [4.78, 5) is 49.9. The predicted molar refractivity (Wildman–Crippen MR) is 103 cm³/mol. The van der Waals surface area contributed by atoms with Gasteiger partial charge in [-0.3, -0.25) is 19.3 Å². The van der Waals surface area contributed by atoms with Gasteiger partial charge < -0.3 is 19.5 Å². The first-order valence-corrected chi connectivity index (χ1v) is 8.95. The van der Waals surface area contributed by atoms with Crippen LogP contribution in [-0.2, 0) is 9.53 Å². The number of ether oxygens (including phenoxy) is 3. The monoisotopic (exact) mass is 408 g/mol. The van der Waals surface area contributed by atoms with Crippen LogP contribution in [0, 0.1) is 0 Å². The third-order valence-electron chi connectivity index (χ3n) is 4.51. The highest BCUT2D eigenvalue weighted by Crippen LogP contribution is 2.34. The zero-order valence-electron chi connectivity index (χ0n) is 15.7. The number of imide groups is 1. The molecule has 4 rings (SSSR count). The van der Waals surface area contributed by atoms with Crippen LogP contribution in [0.1, 0.15) is 31.1 Å². The van der Waals surface area contributed by atoms with Crippen LogP contribution in [0.15, 0.2) is 49.1 Å². The molecule has 0 atom stereocenters. The number of benzene rings is 2. The number of nitrogens with zero attached hydrogens (tertiary/aromatic N) is 1. The lowest BCUT2D eigenvalue weighted by Gasteiger charge is -2.09. The molecule has 0 aliphatic carbocycles. The molecule has 0 spiro atoms. The SMILES string of the molecule is C=CCN1C(=O)c2ccc(C(=O)OCC(=O)Nc3ccc4c(c3)OCO4)cc2C1=O. The van der Waals surface area contributed by atoms with E-state index in [1.807, 2.05) is 0 Å². The molecule has 2 aromatic carbocycles. The molecule has 2 aliphatic heterocycles. The van der Waals surface area contributed by atoms with Crippen molar-refractivity contribution in [2.75, 3.05) is 25.3 Å². The Morgan fingerprint density at radius 3 is 2.63 bits per heavy atom. The van der Waals surface area contributed by atoms with Crippen LogP contribution in [-0.4, -0.2) is 48.5 Å². The van der Waals surface area contributed by atoms with Gasteiger partial charge in [-0.15, -0.1) is 6.58 Å². The normalized spacial score (nSPS) is 13.8. The van der Waals surface area contributed by atoms with Gasteiger partial charge in [0.15, 0.2) is 18.1 Å². The lowest BCUT2D eigenvalue weighted by molar-refractivity contribution is -0.119. The number of rotatable bonds is 6. The van der Waals surface area contributed by atoms with Crippen molar-refractivity contribution < 1.29 is 33.4 Å². The Bertz CT molecular complexity index is 1090. The van der Waals surface area contributed by atoms with E-state index in [0.29, 0.717) is 17.2 Å². The average Bonchev–Trinajstić information content (AvgIpc) is 3.30. The summed E-state index contributed by atoms with van der Waals surface area (Å²) in [5, 5.41) is 2.59. The lowest BCUT2D eigenvalue weighted by atomic mass is 10.1. The summed E-state index contributed by atoms with van der Waals surface area (Å²) in [6, 6.07) is 8.94. The molecule has 30 heavy (non-hydrogen) atoms. The summed E-state index contributed by atoms with van der Waals surface area (Å²) in [6.07, 6.45) is 1.44. The molecule has 9 nitrogen and oxygen atoms in total. The number of anilines is 1. The summed E-state index contributed by atoms with van der Waals surface area (Å²) >= 11 is 0. The van der Waals surface area contributed by atoms with E-state index in [4.69, 9.17) is 14.2 Å². The Kier molecular flexibility index (Phi) is 4.93. The van der Waals surface area contributed by atoms with Gasteiger partial charge in [0.2, 0.25) is 6.79 Å². The fraction of sp³-hybridized carbons (Fsp3) is 0.143. The third kappa shape index (κ3) is 3.48. The number of hydrogen-bond acceptors (Lipinski definition) is 7. The predicted octanol–water partition coefficient (Wildman–Crippen LogP) is 1.99. The second-order valence-electron chi connectivity index (χ2n) is 6.46. The Morgan fingerprint density at radius 2 is 1.83 bits per heavy atom. The lowest BCUT2D eigenvalue weighted by Crippen LogP contribution is -2.29. The molecule has 0 fully saturated rings. The molecule has 0 unspecified atom stereocenters. The van der Waals surface area contributed by atoms with Gasteiger partial charge in [-0.25, -0.2) is 4.79 Å². The second-order valence-corrected chi connectivity index (χ2v) is 6.46. The van der Waals surface area contributed by atoms with E-state index < -0.39 is 30.3 Å². The molecule has 152 valence electrons. The summed E-state index contributed by atoms with van der Waals surface area (Å²) in [6.45, 7) is 3.18. The Morgan fingerprint density at radius 1 is 1.07 bits per heavy atom. The van der Waals surface area contributed by atoms with Crippen LogP contribution < -0.4 is 14.8 Å². The quantitative estimate of drug-likeness (QED) is 0.442. The molecule has 1 N–H and O–H groups in total. The first-order valence-electron chi connectivity index (χ1n) is 8.95. The van der Waals surface area contributed by atoms with Crippen molar-refractivity contribution in [3.8, 4) is 11.5 Å². The molecule has 0 bridgehead atoms. The fourth-order valence-corrected chi connectivity index (χ4v) is 3.10. The van der Waals surface area contributed by atoms with E-state index in [2.05, 4.69) is 11.9 Å². The van der Waals surface area contributed by atoms with Crippen molar-refractivity contribution in [3.05, 3.63) is 65.7 Å². The molecule has 0 saturated carbocycles. The summed E-state index contributed by atoms with van der Waals surface area (Å²) in [5.41, 5.74) is 0.843. The second kappa shape index (κ2) is 7.70. The van der Waals surface area contributed by atoms with Crippen molar-refractivity contribution in [2.24, 2.45) is 0 Å². The van der Waals surface area contributed by atoms with Crippen molar-refractivity contribution >= 4 is 29.4 Å². The molecule has 9 heteroatoms. The summed E-state index contributed by atoms with van der Waals surface area (Å²) < 4.78 is 15.4. The first kappa shape index (κ1) is 19.2. The van der Waals surface area contributed by atoms with E-state index in [1.165, 1.54) is 24.3 Å². The van der Waals surface area contributed by atoms with Gasteiger partial charge in [0.05, 0.1) is 16.7 Å². The maximum atomic E-state index is 12.3. The first-order chi connectivity index (χ1) is 14.5. The molecular formula is C21H16N2O7. The maximum Gasteiger partial charge on any atom is 0.338 e. The Hall–Kier alpha value is -4.14. The fourth-order valence-electron chi connectivity index (χ4n) is 3.10. The minimum atomic E-state index is -0.791. The van der Waals surface area contributed by atoms with Gasteiger partial charge >= 0.3 is 5.97 Å². The van der Waals surface area contributed by atoms with E-state index >= 15 is 0 Å². The van der Waals surface area contributed by atoms with Gasteiger partial charge in [-0.1, -0.05) is 6.08 Å². The molecule has 2 aliphatic rings. The Labute approximate surface area is 170 Å². The molecule has 0 saturated heterocycles. The van der Waals surface area contributed by atoms with Gasteiger partial charge in [0.25, 0.3) is 17.7 Å². The maximum absolute atomic E-state index is 12.3. The zero-order chi connectivity index (χ0) is 21.3. The number of nitrogens with one attached hydrogen (secondary N) is 1. The highest BCUT2D eigenvalue weighted by Gasteiger charge is 2.35. The zero-order valence-corrected chi connectivity index (χ0v) is 15.7. The van der Waals surface area contributed by atoms with Crippen LogP contribution in [0.3, 0.4) is 0 Å². The number of esters is 1. The van der Waals surface area contributed by atoms with Crippen LogP contribution >= 0.6 is 0 Å². The van der Waals surface area contributed by atoms with Crippen molar-refractivity contribution in [2.45, 2.75) is 0 Å². The molecular weight excluding hydrogens is 392 g/mol. The number of amides is 3. The highest BCUT2D eigenvalue weighted by atomic mass is 16.7. The number of carbonyl (C=O) groups excluding carboxylic acids is 4. The van der Waals surface area contributed by atoms with Crippen molar-refractivity contribution in [3.63, 3.8) is 0 Å². The Balaban J connectivity index is 1.38. The topological polar surface area (TPSA) is 111 Å². The minimum Gasteiger partial charge on any atom is -0.454 e. The molecule has 0 aromatic heterocycles. The molecule has 2 heterocycles. The van der Waals surface area contributed by atoms with Gasteiger partial charge in [0.1, 0.15) is 0 Å². The van der Waals surface area contributed by atoms with Crippen LogP contribution in [0.4, 0.5) is 5.69 Å². The van der Waals surface area contributed by atoms with E-state index in [1.54, 1.807) is 18.2 Å². The summed E-state index contributed by atoms with van der Waals surface area (Å²) in [7, 11) is 0. The third-order valence-corrected chi connectivity index (χ3v) is 4.51. The van der Waals surface area contributed by atoms with Gasteiger partial charge in [-0.05, 0) is 30.3 Å². The highest BCUT2D eigenvalue weighted by molar-refractivity contribution is 6.22. The van der Waals surface area contributed by atoms with Gasteiger partial charge in [-0.2, -0.15) is 0 Å². The smallest absolute Gasteiger partial charge is 0.338 e. The standard InChI is InChI=1S/C21H16N2O7/c1-2-7-23-19(25)14-5-3-12(8-15(14)20(23)26)21(27)28-10-18(24)22-13-4-6-16-17(9-13)30-11-29-16/h2-6,8-9H,1,7,10-11H2,(H,22,24). The van der Waals surface area contributed by atoms with E-state index in [0.717, 1.165) is 4.90 Å². The van der Waals surface area contributed by atoms with Crippen LogP contribution in [0.2, 0.25) is 0 Å². The van der Waals surface area contributed by atoms with Crippen molar-refractivity contribution in [1.29, 1.82) is 0 Å². The average molecular weight is 408 g/mol. The largest absolute Gasteiger partial charge is 0.454 e. The summed E-state index contributed by atoms with van der Waals surface area (Å²) in [5.74, 6) is -1.21. The number of carbonyl (C=O) groups is 4. The van der Waals surface area contributed by atoms with Crippen molar-refractivity contribution in [1.82, 2.24) is 4.90 Å². The molecule has 3 amide bonds. The minimum absolute atomic E-state index is 0.0613. The number of fused-ring (bicyclic) bond motifs is 2. The molecule has 2 aromatic rings. The number of hydrogen-bond donors (Lipinski definition) is 1. The van der Waals surface area contributed by atoms with Crippen LogP contribution in [0.25, 0.3) is 0 Å². The van der Waals surface area contributed by atoms with E-state index in [9.17, 15) is 19.2 Å². The molecule has 0 radical (unpaired) electrons. The van der Waals surface area contributed by atoms with Gasteiger partial charge in [0, 0.05) is 18.3 Å².